The van der Waals surface area contributed by atoms with Gasteiger partial charge in [0.05, 0.1) is 0 Å². The zero-order valence-electron chi connectivity index (χ0n) is 0.816. The van der Waals surface area contributed by atoms with Gasteiger partial charge in [-0.2, -0.15) is 0 Å². The van der Waals surface area contributed by atoms with Crippen LogP contribution in [0.3, 0.4) is 0 Å². The van der Waals surface area contributed by atoms with Crippen molar-refractivity contribution in [1.82, 2.24) is 0 Å². The first-order chi connectivity index (χ1) is 0. The second-order valence-electron chi connectivity index (χ2n) is 0. The van der Waals surface area contributed by atoms with Crippen LogP contribution in [0.1, 0.15) is 0 Å². The number of hydrogen-bond acceptors (Lipinski definition) is 0. The van der Waals surface area contributed by atoms with E-state index in [0.29, 0.717) is 0 Å². The smallest absolute Gasteiger partial charge is 0.316 e. The summed E-state index contributed by atoms with van der Waals surface area (Å²) < 4.78 is 0. The standard InChI is InChI=1S/Be.2FH.Mg.4H/h;2*1H;;;;;. The van der Waals surface area contributed by atoms with Gasteiger partial charge in [-0.3, -0.25) is 9.41 Å². The fraction of sp³-hybridized carbons (Fsp3) is 0. The molecular formula is H6BeF2Mg. The van der Waals surface area contributed by atoms with Gasteiger partial charge in [-0.05, 0) is 0 Å². The van der Waals surface area contributed by atoms with Crippen LogP contribution in [0.25, 0.3) is 0 Å². The summed E-state index contributed by atoms with van der Waals surface area (Å²) in [5, 5.41) is 0. The summed E-state index contributed by atoms with van der Waals surface area (Å²) in [5.74, 6) is 0. The molecule has 0 heterocycles. The molecule has 0 aliphatic rings. The largest absolute Gasteiger partial charge is 0.316 e. The van der Waals surface area contributed by atoms with Crippen molar-refractivity contribution in [1.29, 1.82) is 0 Å². The van der Waals surface area contributed by atoms with Crippen LogP contribution in [0.15, 0.2) is 0 Å². The number of halogens is 2. The Morgan fingerprint density at radius 1 is 0.750 bits per heavy atom. The van der Waals surface area contributed by atoms with Crippen LogP contribution >= 0.6 is 0 Å². The summed E-state index contributed by atoms with van der Waals surface area (Å²) in [4.78, 5) is 0. The summed E-state index contributed by atoms with van der Waals surface area (Å²) in [6.45, 7) is 0. The van der Waals surface area contributed by atoms with Crippen molar-refractivity contribution in [2.45, 2.75) is 0 Å². The van der Waals surface area contributed by atoms with Gasteiger partial charge in [0.2, 0.25) is 0 Å². The van der Waals surface area contributed by atoms with Crippen LogP contribution in [0.2, 0.25) is 0 Å². The van der Waals surface area contributed by atoms with Crippen LogP contribution in [0, 0.1) is 0 Å². The number of hydrogen-bond donors (Lipinski definition) is 0. The Kier molecular flexibility index (Phi) is 1280. The summed E-state index contributed by atoms with van der Waals surface area (Å²) in [5.41, 5.74) is 0. The third-order valence-electron chi connectivity index (χ3n) is 0. The zero-order chi connectivity index (χ0) is 0. The molecule has 4 heteroatoms. The molecule has 0 unspecified atom stereocenters. The van der Waals surface area contributed by atoms with Gasteiger partial charge in [-0.1, -0.05) is 0 Å². The number of rotatable bonds is 0. The maximum absolute atomic E-state index is 0. The Morgan fingerprint density at radius 2 is 0.750 bits per heavy atom. The van der Waals surface area contributed by atoms with Gasteiger partial charge < -0.3 is 0 Å². The molecule has 0 bridgehead atoms. The molecule has 0 aromatic rings. The van der Waals surface area contributed by atoms with Crippen molar-refractivity contribution in [3.8, 4) is 0 Å². The van der Waals surface area contributed by atoms with Crippen LogP contribution in [-0.2, 0) is 0 Å². The molecule has 0 rings (SSSR count). The van der Waals surface area contributed by atoms with Gasteiger partial charge in [0, 0.05) is 0 Å². The van der Waals surface area contributed by atoms with Gasteiger partial charge >= 0.3 is 33.2 Å². The maximum Gasteiger partial charge on any atom is 0.316 e. The average molecular weight is 77.4 g/mol. The van der Waals surface area contributed by atoms with Crippen molar-refractivity contribution in [2.75, 3.05) is 0 Å². The van der Waals surface area contributed by atoms with Crippen LogP contribution in [-0.4, -0.2) is 33.2 Å². The molecule has 0 amide bonds. The van der Waals surface area contributed by atoms with E-state index in [1.54, 1.807) is 0 Å². The molecular weight excluding hydrogens is 71.3 g/mol. The Bertz CT molecular complexity index is 6.00. The topological polar surface area (TPSA) is 0 Å². The molecule has 0 radical (unpaired) electrons. The molecule has 0 N–H and O–H groups in total. The Balaban J connectivity index is 0. The molecule has 0 saturated heterocycles. The molecule has 0 saturated carbocycles. The molecule has 0 spiro atoms. The molecule has 0 aliphatic heterocycles. The van der Waals surface area contributed by atoms with Gasteiger partial charge in [-0.15, -0.1) is 0 Å². The molecule has 0 aromatic carbocycles. The van der Waals surface area contributed by atoms with E-state index in [4.69, 9.17) is 0 Å². The van der Waals surface area contributed by atoms with Gasteiger partial charge in [0.25, 0.3) is 0 Å². The van der Waals surface area contributed by atoms with E-state index in [2.05, 4.69) is 0 Å². The van der Waals surface area contributed by atoms with E-state index in [1.165, 1.54) is 0 Å². The fourth-order valence-corrected chi connectivity index (χ4v) is 0. The minimum Gasteiger partial charge on any atom is 0.316 e. The summed E-state index contributed by atoms with van der Waals surface area (Å²) >= 11 is 0. The minimum atomic E-state index is 0. The third-order valence-corrected chi connectivity index (χ3v) is 0. The maximum atomic E-state index is 0. The molecule has 0 atom stereocenters. The molecule has 0 aromatic heterocycles. The first kappa shape index (κ1) is 109. The molecule has 0 nitrogen and oxygen atoms in total. The fourth-order valence-electron chi connectivity index (χ4n) is 0. The van der Waals surface area contributed by atoms with E-state index in [1.807, 2.05) is 0 Å². The van der Waals surface area contributed by atoms with Gasteiger partial charge in [0.15, 0.2) is 0 Å². The van der Waals surface area contributed by atoms with Crippen molar-refractivity contribution in [3.05, 3.63) is 0 Å². The first-order valence-corrected chi connectivity index (χ1v) is 0. The van der Waals surface area contributed by atoms with Gasteiger partial charge in [0.1, 0.15) is 0 Å². The molecule has 4 heavy (non-hydrogen) atoms. The van der Waals surface area contributed by atoms with Crippen LogP contribution in [0.4, 0.5) is 9.41 Å². The molecule has 24 valence electrons. The van der Waals surface area contributed by atoms with E-state index >= 15 is 0 Å². The molecule has 0 aliphatic carbocycles. The first-order valence-electron chi connectivity index (χ1n) is 0. The Morgan fingerprint density at radius 3 is 0.750 bits per heavy atom. The van der Waals surface area contributed by atoms with E-state index < -0.39 is 0 Å². The normalized spacial score (nSPS) is 0. The quantitative estimate of drug-likeness (QED) is 0.308. The molecule has 0 fully saturated rings. The Hall–Kier alpha value is 0.795. The predicted molar refractivity (Wildman–Crippen MR) is 22.1 cm³/mol. The van der Waals surface area contributed by atoms with Crippen LogP contribution < -0.4 is 0 Å². The summed E-state index contributed by atoms with van der Waals surface area (Å²) in [6, 6.07) is 0. The van der Waals surface area contributed by atoms with Gasteiger partial charge in [-0.25, -0.2) is 0 Å². The van der Waals surface area contributed by atoms with Crippen molar-refractivity contribution in [2.24, 2.45) is 0 Å². The third kappa shape index (κ3) is 14.2. The minimum absolute atomic E-state index is 0. The summed E-state index contributed by atoms with van der Waals surface area (Å²) in [7, 11) is 0. The average Bonchev–Trinajstić information content (AvgIpc) is 0. The van der Waals surface area contributed by atoms with Crippen molar-refractivity contribution >= 4 is 33.2 Å². The predicted octanol–water partition coefficient (Wildman–Crippen LogP) is -1.53. The zero-order valence-corrected chi connectivity index (χ0v) is 0.816. The van der Waals surface area contributed by atoms with E-state index in [-0.39, 0.29) is 42.6 Å². The Labute approximate surface area is 43.1 Å². The van der Waals surface area contributed by atoms with E-state index in [0.717, 1.165) is 0 Å². The van der Waals surface area contributed by atoms with Crippen molar-refractivity contribution in [3.63, 3.8) is 0 Å². The van der Waals surface area contributed by atoms with Crippen LogP contribution in [0.5, 0.6) is 0 Å². The SMILES string of the molecule is F.F.[BeH2].[MgH2]. The second-order valence-corrected chi connectivity index (χ2v) is 0. The monoisotopic (exact) mass is 77.0 g/mol. The summed E-state index contributed by atoms with van der Waals surface area (Å²) in [6.07, 6.45) is 0. The second kappa shape index (κ2) is 46.9. The van der Waals surface area contributed by atoms with E-state index in [9.17, 15) is 0 Å². The van der Waals surface area contributed by atoms with Crippen molar-refractivity contribution < 1.29 is 9.41 Å².